The van der Waals surface area contributed by atoms with E-state index in [1.165, 1.54) is 0 Å². The molecule has 2 aliphatic heterocycles. The van der Waals surface area contributed by atoms with Crippen LogP contribution in [0.1, 0.15) is 43.0 Å². The van der Waals surface area contributed by atoms with Crippen LogP contribution in [-0.2, 0) is 35.3 Å². The van der Waals surface area contributed by atoms with Gasteiger partial charge < -0.3 is 18.9 Å². The molecule has 0 unspecified atom stereocenters. The van der Waals surface area contributed by atoms with Gasteiger partial charge in [0, 0.05) is 89.2 Å². The number of benzene rings is 8. The second kappa shape index (κ2) is 17.8. The van der Waals surface area contributed by atoms with Crippen molar-refractivity contribution in [1.29, 1.82) is 0 Å². The highest BCUT2D eigenvalue weighted by molar-refractivity contribution is 7.86. The maximum absolute atomic E-state index is 16.8. The molecule has 0 radical (unpaired) electrons. The molecule has 12 heteroatoms. The lowest BCUT2D eigenvalue weighted by Gasteiger charge is -2.28. The van der Waals surface area contributed by atoms with Crippen LogP contribution < -0.4 is 31.8 Å². The summed E-state index contributed by atoms with van der Waals surface area (Å²) in [7, 11) is -7.51. The van der Waals surface area contributed by atoms with Crippen molar-refractivity contribution in [2.75, 3.05) is 0 Å². The zero-order valence-corrected chi connectivity index (χ0v) is 39.9. The zero-order valence-electron chi connectivity index (χ0n) is 35.1. The molecule has 0 saturated heterocycles. The Labute approximate surface area is 403 Å². The van der Waals surface area contributed by atoms with Gasteiger partial charge in [-0.1, -0.05) is 168 Å². The maximum atomic E-state index is 16.8. The average Bonchev–Trinajstić information content (AvgIpc) is 3.97. The molecule has 8 aromatic carbocycles. The van der Waals surface area contributed by atoms with Crippen molar-refractivity contribution in [3.63, 3.8) is 0 Å². The van der Waals surface area contributed by atoms with E-state index in [9.17, 15) is 9.59 Å². The van der Waals surface area contributed by atoms with Crippen LogP contribution in [0.5, 0.6) is 0 Å². The van der Waals surface area contributed by atoms with Gasteiger partial charge in [-0.25, -0.2) is 0 Å². The second-order valence-corrected chi connectivity index (χ2v) is 23.7. The maximum Gasteiger partial charge on any atom is 0.254 e. The smallest absolute Gasteiger partial charge is 0.254 e. The lowest BCUT2D eigenvalue weighted by Crippen LogP contribution is -2.30. The number of fused-ring (bicyclic) bond motifs is 2. The Hall–Kier alpha value is -5.68. The van der Waals surface area contributed by atoms with Gasteiger partial charge in [-0.2, -0.15) is 0 Å². The van der Waals surface area contributed by atoms with Gasteiger partial charge in [0.2, 0.25) is 0 Å². The van der Waals surface area contributed by atoms with Gasteiger partial charge in [-0.05, 0) is 94.0 Å². The van der Waals surface area contributed by atoms with Crippen LogP contribution in [0.4, 0.5) is 0 Å². The van der Waals surface area contributed by atoms with E-state index in [0.717, 1.165) is 22.3 Å². The summed E-state index contributed by atoms with van der Waals surface area (Å²) in [5, 5.41) is 4.93. The normalized spacial score (nSPS) is 13.4. The summed E-state index contributed by atoms with van der Waals surface area (Å²) in [5.74, 6) is -0.510. The monoisotopic (exact) mass is 980 g/mol. The van der Waals surface area contributed by atoms with Crippen LogP contribution in [0.15, 0.2) is 182 Å². The van der Waals surface area contributed by atoms with Gasteiger partial charge in [0.1, 0.15) is 0 Å². The molecule has 0 aliphatic carbocycles. The SMILES string of the molecule is O=C(c1cc(Cl)cc(Cl)c1)N1Cc2cc(-c3cc4c(cc3P(=O)(c3ccccc3)c3ccccc3)CN(C(=O)c3cc(Cl)cc(Cl)c3)C4)c(P(=O)(c3ccccc3)c3ccccc3)cc2C1. The highest BCUT2D eigenvalue weighted by Crippen LogP contribution is 2.51. The van der Waals surface area contributed by atoms with E-state index in [1.54, 1.807) is 46.2 Å². The lowest BCUT2D eigenvalue weighted by molar-refractivity contribution is 0.0744. The van der Waals surface area contributed by atoms with E-state index in [-0.39, 0.29) is 38.0 Å². The first-order valence-electron chi connectivity index (χ1n) is 21.2. The Bertz CT molecular complexity index is 2970. The number of amides is 2. The summed E-state index contributed by atoms with van der Waals surface area (Å²) in [6.07, 6.45) is 0. The van der Waals surface area contributed by atoms with Crippen LogP contribution in [0, 0.1) is 0 Å². The summed E-state index contributed by atoms with van der Waals surface area (Å²) in [6.45, 7) is 0.964. The van der Waals surface area contributed by atoms with Crippen molar-refractivity contribution < 1.29 is 18.7 Å². The minimum absolute atomic E-state index is 0.239. The van der Waals surface area contributed by atoms with Crippen LogP contribution >= 0.6 is 60.7 Å². The van der Waals surface area contributed by atoms with Crippen molar-refractivity contribution in [3.05, 3.63) is 235 Å². The average molecular weight is 983 g/mol. The molecular weight excluding hydrogens is 944 g/mol. The molecule has 0 atom stereocenters. The highest BCUT2D eigenvalue weighted by Gasteiger charge is 2.40. The molecule has 2 amide bonds. The minimum Gasteiger partial charge on any atom is -0.330 e. The Balaban J connectivity index is 1.24. The van der Waals surface area contributed by atoms with Crippen LogP contribution in [0.2, 0.25) is 20.1 Å². The van der Waals surface area contributed by atoms with Crippen LogP contribution in [0.3, 0.4) is 0 Å². The van der Waals surface area contributed by atoms with E-state index in [2.05, 4.69) is 0 Å². The van der Waals surface area contributed by atoms with Gasteiger partial charge in [0.15, 0.2) is 14.3 Å². The second-order valence-electron chi connectivity index (χ2n) is 16.5. The number of hydrogen-bond donors (Lipinski definition) is 0. The summed E-state index contributed by atoms with van der Waals surface area (Å²) < 4.78 is 33.5. The first-order chi connectivity index (χ1) is 31.9. The standard InChI is InChI=1S/C54H38Cl4N2O4P2/c55-41-21-35(22-42(56)29-41)53(61)59-31-37-25-49(51(27-39(37)33-59)65(63,45-13-5-1-6-14-45)46-15-7-2-8-16-46)50-26-38-32-60(54(62)36-23-43(57)30-44(58)24-36)34-40(38)28-52(50)66(64,47-17-9-3-10-18-47)48-19-11-4-12-20-48/h1-30H,31-34H2. The van der Waals surface area contributed by atoms with Crippen molar-refractivity contribution in [2.24, 2.45) is 0 Å². The minimum atomic E-state index is -3.76. The molecular formula is C54H38Cl4N2O4P2. The number of nitrogens with zero attached hydrogens (tertiary/aromatic N) is 2. The topological polar surface area (TPSA) is 74.8 Å². The zero-order chi connectivity index (χ0) is 45.7. The van der Waals surface area contributed by atoms with Crippen molar-refractivity contribution >= 4 is 104 Å². The van der Waals surface area contributed by atoms with E-state index >= 15 is 9.13 Å². The summed E-state index contributed by atoms with van der Waals surface area (Å²) in [5.41, 5.74) is 5.28. The molecule has 2 heterocycles. The number of carbonyl (C=O) groups is 2. The fraction of sp³-hybridized carbons (Fsp3) is 0.0741. The predicted molar refractivity (Wildman–Crippen MR) is 271 cm³/mol. The molecule has 6 nitrogen and oxygen atoms in total. The predicted octanol–water partition coefficient (Wildman–Crippen LogP) is 11.6. The molecule has 0 fully saturated rings. The number of hydrogen-bond acceptors (Lipinski definition) is 4. The Kier molecular flexibility index (Phi) is 11.9. The molecule has 0 bridgehead atoms. The molecule has 2 aliphatic rings. The number of carbonyl (C=O) groups excluding carboxylic acids is 2. The first kappa shape index (κ1) is 44.2. The molecule has 8 aromatic rings. The van der Waals surface area contributed by atoms with E-state index in [1.807, 2.05) is 146 Å². The lowest BCUT2D eigenvalue weighted by atomic mass is 9.97. The van der Waals surface area contributed by atoms with Crippen LogP contribution in [-0.4, -0.2) is 21.6 Å². The third kappa shape index (κ3) is 8.05. The first-order valence-corrected chi connectivity index (χ1v) is 26.1. The molecule has 0 saturated carbocycles. The van der Waals surface area contributed by atoms with Gasteiger partial charge in [-0.15, -0.1) is 0 Å². The molecule has 0 aromatic heterocycles. The summed E-state index contributed by atoms with van der Waals surface area (Å²) in [6, 6.07) is 55.3. The summed E-state index contributed by atoms with van der Waals surface area (Å²) in [4.78, 5) is 31.9. The van der Waals surface area contributed by atoms with Crippen molar-refractivity contribution in [3.8, 4) is 11.1 Å². The quantitative estimate of drug-likeness (QED) is 0.135. The fourth-order valence-electron chi connectivity index (χ4n) is 9.24. The van der Waals surface area contributed by atoms with Gasteiger partial charge >= 0.3 is 0 Å². The molecule has 0 spiro atoms. The third-order valence-corrected chi connectivity index (χ3v) is 19.4. The highest BCUT2D eigenvalue weighted by atomic mass is 35.5. The van der Waals surface area contributed by atoms with E-state index < -0.39 is 14.3 Å². The largest absolute Gasteiger partial charge is 0.330 e. The molecule has 10 rings (SSSR count). The van der Waals surface area contributed by atoms with Crippen molar-refractivity contribution in [1.82, 2.24) is 9.80 Å². The Morgan fingerprint density at radius 1 is 0.364 bits per heavy atom. The number of halogens is 4. The molecule has 326 valence electrons. The van der Waals surface area contributed by atoms with Gasteiger partial charge in [-0.3, -0.25) is 9.59 Å². The fourth-order valence-corrected chi connectivity index (χ4v) is 16.1. The third-order valence-electron chi connectivity index (χ3n) is 12.3. The molecule has 0 N–H and O–H groups in total. The molecule has 66 heavy (non-hydrogen) atoms. The Morgan fingerprint density at radius 3 is 0.894 bits per heavy atom. The van der Waals surface area contributed by atoms with Crippen molar-refractivity contribution in [2.45, 2.75) is 26.2 Å². The van der Waals surface area contributed by atoms with E-state index in [0.29, 0.717) is 74.2 Å². The van der Waals surface area contributed by atoms with E-state index in [4.69, 9.17) is 46.4 Å². The van der Waals surface area contributed by atoms with Crippen LogP contribution in [0.25, 0.3) is 11.1 Å². The Morgan fingerprint density at radius 2 is 0.621 bits per heavy atom. The number of rotatable bonds is 9. The summed E-state index contributed by atoms with van der Waals surface area (Å²) >= 11 is 25.5. The van der Waals surface area contributed by atoms with Gasteiger partial charge in [0.25, 0.3) is 11.8 Å². The van der Waals surface area contributed by atoms with Gasteiger partial charge in [0.05, 0.1) is 0 Å².